The number of carbonyl (C=O) groups excluding carboxylic acids is 1. The maximum atomic E-state index is 11.7. The fourth-order valence-corrected chi connectivity index (χ4v) is 1.11. The van der Waals surface area contributed by atoms with Gasteiger partial charge in [-0.25, -0.2) is 4.79 Å². The smallest absolute Gasteiger partial charge is 0.338 e. The predicted molar refractivity (Wildman–Crippen MR) is 61.7 cm³/mol. The summed E-state index contributed by atoms with van der Waals surface area (Å²) < 4.78 is 12.2. The third kappa shape index (κ3) is 3.58. The quantitative estimate of drug-likeness (QED) is 0.692. The molecule has 0 unspecified atom stereocenters. The molecular weight excluding hydrogens is 188 g/mol. The Labute approximate surface area is 92.0 Å². The molecule has 0 aliphatic rings. The molecule has 0 atom stereocenters. The van der Waals surface area contributed by atoms with E-state index in [0.717, 1.165) is 5.56 Å². The zero-order valence-electron chi connectivity index (χ0n) is 10.3. The van der Waals surface area contributed by atoms with Crippen molar-refractivity contribution in [1.82, 2.24) is 0 Å². The van der Waals surface area contributed by atoms with Crippen molar-refractivity contribution in [3.05, 3.63) is 41.9 Å². The lowest BCUT2D eigenvalue weighted by Gasteiger charge is -2.19. The van der Waals surface area contributed by atoms with Crippen LogP contribution in [0.5, 0.6) is 0 Å². The number of ether oxygens (including phenoxy) is 1. The van der Waals surface area contributed by atoms with Crippen LogP contribution in [0, 0.1) is 0 Å². The van der Waals surface area contributed by atoms with Gasteiger partial charge in [-0.1, -0.05) is 24.8 Å². The topological polar surface area (TPSA) is 26.3 Å². The lowest BCUT2D eigenvalue weighted by atomic mass is 10.1. The predicted octanol–water partition coefficient (Wildman–Crippen LogP) is 3.28. The van der Waals surface area contributed by atoms with Gasteiger partial charge in [-0.3, -0.25) is 0 Å². The molecule has 2 heteroatoms. The van der Waals surface area contributed by atoms with Gasteiger partial charge in [0.2, 0.25) is 0 Å². The van der Waals surface area contributed by atoms with Crippen LogP contribution in [0.15, 0.2) is 30.8 Å². The van der Waals surface area contributed by atoms with Crippen LogP contribution >= 0.6 is 0 Å². The number of esters is 1. The van der Waals surface area contributed by atoms with Crippen LogP contribution < -0.4 is 0 Å². The normalized spacial score (nSPS) is 12.6. The van der Waals surface area contributed by atoms with Gasteiger partial charge in [-0.05, 0) is 38.5 Å². The second-order valence-corrected chi connectivity index (χ2v) is 4.29. The zero-order chi connectivity index (χ0) is 12.2. The molecule has 0 saturated carbocycles. The average molecular weight is 205 g/mol. The van der Waals surface area contributed by atoms with E-state index in [9.17, 15) is 4.79 Å². The van der Waals surface area contributed by atoms with Gasteiger partial charge in [0.05, 0.1) is 6.93 Å². The van der Waals surface area contributed by atoms with Gasteiger partial charge in [0.1, 0.15) is 5.60 Å². The lowest BCUT2D eigenvalue weighted by Crippen LogP contribution is -2.23. The molecule has 0 amide bonds. The van der Waals surface area contributed by atoms with Crippen molar-refractivity contribution in [3.8, 4) is 0 Å². The molecule has 0 saturated heterocycles. The summed E-state index contributed by atoms with van der Waals surface area (Å²) in [6, 6.07) is 7.02. The summed E-state index contributed by atoms with van der Waals surface area (Å²) in [6.45, 7) is 6.68. The minimum atomic E-state index is -0.488. The molecule has 0 heterocycles. The van der Waals surface area contributed by atoms with Crippen molar-refractivity contribution in [2.24, 2.45) is 0 Å². The first-order valence-corrected chi connectivity index (χ1v) is 4.81. The van der Waals surface area contributed by atoms with Gasteiger partial charge in [0, 0.05) is 0 Å². The summed E-state index contributed by atoms with van der Waals surface area (Å²) in [7, 11) is 0. The molecule has 2 nitrogen and oxygen atoms in total. The van der Waals surface area contributed by atoms with Crippen molar-refractivity contribution in [3.63, 3.8) is 0 Å². The molecule has 80 valence electrons. The Morgan fingerprint density at radius 2 is 2.27 bits per heavy atom. The van der Waals surface area contributed by atoms with E-state index >= 15 is 0 Å². The molecular formula is C13H16O2. The second kappa shape index (κ2) is 4.30. The molecule has 15 heavy (non-hydrogen) atoms. The molecule has 1 rings (SSSR count). The minimum absolute atomic E-state index is 0.340. The van der Waals surface area contributed by atoms with Crippen LogP contribution in [-0.2, 0) is 4.74 Å². The maximum absolute atomic E-state index is 11.7. The first-order valence-electron chi connectivity index (χ1n) is 5.38. The van der Waals surface area contributed by atoms with E-state index in [0.29, 0.717) is 5.56 Å². The molecule has 0 radical (unpaired) electrons. The number of benzene rings is 1. The van der Waals surface area contributed by atoms with E-state index in [1.807, 2.05) is 26.8 Å². The van der Waals surface area contributed by atoms with E-state index in [1.165, 1.54) is 6.55 Å². The van der Waals surface area contributed by atoms with Gasteiger partial charge in [-0.2, -0.15) is 0 Å². The summed E-state index contributed by atoms with van der Waals surface area (Å²) in [5.74, 6) is -0.340. The molecule has 0 N–H and O–H groups in total. The summed E-state index contributed by atoms with van der Waals surface area (Å²) in [5.41, 5.74) is 0.835. The number of hydrogen-bond acceptors (Lipinski definition) is 2. The van der Waals surface area contributed by atoms with E-state index in [4.69, 9.17) is 6.11 Å². The fourth-order valence-electron chi connectivity index (χ4n) is 1.11. The van der Waals surface area contributed by atoms with Crippen LogP contribution in [0.2, 0.25) is 0 Å². The van der Waals surface area contributed by atoms with Crippen molar-refractivity contribution < 1.29 is 10.9 Å². The number of hydrogen-bond donors (Lipinski definition) is 0. The summed E-state index contributed by atoms with van der Waals surface area (Å²) in [4.78, 5) is 11.7. The van der Waals surface area contributed by atoms with E-state index in [-0.39, 0.29) is 5.97 Å². The third-order valence-corrected chi connectivity index (χ3v) is 1.71. The average Bonchev–Trinajstić information content (AvgIpc) is 2.16. The largest absolute Gasteiger partial charge is 0.456 e. The zero-order valence-corrected chi connectivity index (χ0v) is 9.28. The maximum Gasteiger partial charge on any atom is 0.338 e. The monoisotopic (exact) mass is 205 g/mol. The van der Waals surface area contributed by atoms with E-state index in [2.05, 4.69) is 0 Å². The summed E-state index contributed by atoms with van der Waals surface area (Å²) in [6.07, 6.45) is 1.62. The minimum Gasteiger partial charge on any atom is -0.456 e. The molecule has 0 spiro atoms. The van der Waals surface area contributed by atoms with Gasteiger partial charge < -0.3 is 4.74 Å². The van der Waals surface area contributed by atoms with Gasteiger partial charge in [-0.15, -0.1) is 0 Å². The Balaban J connectivity index is 2.88. The number of rotatable bonds is 2. The van der Waals surface area contributed by atoms with Crippen LogP contribution in [-0.4, -0.2) is 11.6 Å². The van der Waals surface area contributed by atoms with Crippen LogP contribution in [0.3, 0.4) is 0 Å². The van der Waals surface area contributed by atoms with Crippen molar-refractivity contribution >= 4 is 12.0 Å². The van der Waals surface area contributed by atoms with E-state index in [1.54, 1.807) is 24.3 Å². The highest BCUT2D eigenvalue weighted by atomic mass is 16.6. The Bertz CT molecular complexity index is 403. The van der Waals surface area contributed by atoms with Crippen molar-refractivity contribution in [2.45, 2.75) is 26.4 Å². The first-order chi connectivity index (χ1) is 7.42. The van der Waals surface area contributed by atoms with Gasteiger partial charge >= 0.3 is 5.97 Å². The molecule has 0 aliphatic heterocycles. The summed E-state index contributed by atoms with van der Waals surface area (Å²) >= 11 is 0. The highest BCUT2D eigenvalue weighted by Gasteiger charge is 2.17. The first kappa shape index (κ1) is 9.97. The van der Waals surface area contributed by atoms with Crippen LogP contribution in [0.1, 0.15) is 38.1 Å². The number of carbonyl (C=O) groups is 1. The van der Waals surface area contributed by atoms with Crippen LogP contribution in [0.4, 0.5) is 0 Å². The Morgan fingerprint density at radius 3 is 2.87 bits per heavy atom. The molecule has 0 aromatic heterocycles. The SMILES string of the molecule is [2H]C=Cc1cccc(C(=O)OC(C)(C)C)c1. The van der Waals surface area contributed by atoms with Gasteiger partial charge in [0.25, 0.3) is 0 Å². The standard InChI is InChI=1S/C13H16O2/c1-5-10-7-6-8-11(9-10)12(14)15-13(2,3)4/h5-9H,1H2,2-4H3/i1D. The fraction of sp³-hybridized carbons (Fsp3) is 0.308. The molecule has 0 bridgehead atoms. The van der Waals surface area contributed by atoms with Crippen molar-refractivity contribution in [1.29, 1.82) is 0 Å². The van der Waals surface area contributed by atoms with Crippen LogP contribution in [0.25, 0.3) is 6.08 Å². The van der Waals surface area contributed by atoms with Gasteiger partial charge in [0.15, 0.2) is 0 Å². The molecule has 0 aliphatic carbocycles. The third-order valence-electron chi connectivity index (χ3n) is 1.71. The van der Waals surface area contributed by atoms with E-state index < -0.39 is 5.60 Å². The Kier molecular flexibility index (Phi) is 2.86. The molecule has 1 aromatic rings. The summed E-state index contributed by atoms with van der Waals surface area (Å²) in [5, 5.41) is 0. The highest BCUT2D eigenvalue weighted by Crippen LogP contribution is 2.13. The molecule has 1 aromatic carbocycles. The van der Waals surface area contributed by atoms with Crippen molar-refractivity contribution in [2.75, 3.05) is 0 Å². The Morgan fingerprint density at radius 1 is 1.53 bits per heavy atom. The Hall–Kier alpha value is -1.57. The highest BCUT2D eigenvalue weighted by molar-refractivity contribution is 5.90. The molecule has 0 fully saturated rings. The lowest BCUT2D eigenvalue weighted by molar-refractivity contribution is 0.00695. The second-order valence-electron chi connectivity index (χ2n) is 4.29.